The summed E-state index contributed by atoms with van der Waals surface area (Å²) >= 11 is 7.59. The maximum absolute atomic E-state index is 6.18. The summed E-state index contributed by atoms with van der Waals surface area (Å²) in [6.07, 6.45) is 0. The molecule has 0 saturated carbocycles. The molecule has 0 radical (unpaired) electrons. The molecule has 0 aliphatic heterocycles. The first-order chi connectivity index (χ1) is 9.19. The molecule has 0 aliphatic rings. The van der Waals surface area contributed by atoms with Gasteiger partial charge in [-0.15, -0.1) is 10.2 Å². The molecule has 0 saturated heterocycles. The van der Waals surface area contributed by atoms with E-state index in [1.54, 1.807) is 23.8 Å². The highest BCUT2D eigenvalue weighted by Crippen LogP contribution is 2.32. The lowest BCUT2D eigenvalue weighted by Crippen LogP contribution is -1.97. The molecule has 8 heteroatoms. The fraction of sp³-hybridized carbons (Fsp3) is 0.182. The van der Waals surface area contributed by atoms with Crippen LogP contribution in [0.15, 0.2) is 18.2 Å². The fourth-order valence-electron chi connectivity index (χ4n) is 1.69. The maximum Gasteiger partial charge on any atom is 0.235 e. The lowest BCUT2D eigenvalue weighted by atomic mass is 10.2. The van der Waals surface area contributed by atoms with Gasteiger partial charge in [-0.2, -0.15) is 9.61 Å². The van der Waals surface area contributed by atoms with E-state index < -0.39 is 0 Å². The third-order valence-electron chi connectivity index (χ3n) is 2.55. The van der Waals surface area contributed by atoms with Gasteiger partial charge in [-0.25, -0.2) is 0 Å². The number of ether oxygens (including phenoxy) is 1. The average molecular weight is 296 g/mol. The quantitative estimate of drug-likeness (QED) is 0.750. The van der Waals surface area contributed by atoms with Gasteiger partial charge in [0.05, 0.1) is 5.02 Å². The number of anilines is 1. The number of nitrogen functional groups attached to an aromatic ring is 1. The van der Waals surface area contributed by atoms with Crippen LogP contribution in [0, 0.1) is 0 Å². The number of hydrogen-bond acceptors (Lipinski definition) is 6. The molecule has 2 N–H and O–H groups in total. The molecule has 2 heterocycles. The van der Waals surface area contributed by atoms with Gasteiger partial charge in [-0.1, -0.05) is 22.9 Å². The molecule has 0 unspecified atom stereocenters. The first kappa shape index (κ1) is 12.3. The summed E-state index contributed by atoms with van der Waals surface area (Å²) in [5.41, 5.74) is 7.13. The summed E-state index contributed by atoms with van der Waals surface area (Å²) in [5, 5.41) is 13.8. The number of rotatable bonds is 3. The standard InChI is InChI=1S/C11H10ClN5OS/c1-18-5-9-14-15-11-17(9)16-10(19-11)7-3-2-6(13)4-8(7)12/h2-4H,5,13H2,1H3. The Morgan fingerprint density at radius 2 is 2.26 bits per heavy atom. The second-order valence-electron chi connectivity index (χ2n) is 3.89. The number of aromatic nitrogens is 4. The van der Waals surface area contributed by atoms with Crippen LogP contribution in [0.25, 0.3) is 15.5 Å². The van der Waals surface area contributed by atoms with Crippen LogP contribution in [-0.4, -0.2) is 26.9 Å². The molecule has 0 atom stereocenters. The highest BCUT2D eigenvalue weighted by molar-refractivity contribution is 7.19. The first-order valence-electron chi connectivity index (χ1n) is 5.44. The smallest absolute Gasteiger partial charge is 0.235 e. The third kappa shape index (κ3) is 2.16. The SMILES string of the molecule is COCc1nnc2sc(-c3ccc(N)cc3Cl)nn12. The van der Waals surface area contributed by atoms with Crippen molar-refractivity contribution < 1.29 is 4.74 Å². The van der Waals surface area contributed by atoms with Crippen molar-refractivity contribution in [1.29, 1.82) is 0 Å². The zero-order valence-electron chi connectivity index (χ0n) is 10.00. The number of nitrogens with zero attached hydrogens (tertiary/aromatic N) is 4. The molecular formula is C11H10ClN5OS. The van der Waals surface area contributed by atoms with E-state index in [-0.39, 0.29) is 0 Å². The van der Waals surface area contributed by atoms with Crippen molar-refractivity contribution in [3.8, 4) is 10.6 Å². The highest BCUT2D eigenvalue weighted by Gasteiger charge is 2.14. The number of nitrogens with two attached hydrogens (primary N) is 1. The summed E-state index contributed by atoms with van der Waals surface area (Å²) in [4.78, 5) is 0.704. The van der Waals surface area contributed by atoms with Gasteiger partial charge in [0.15, 0.2) is 5.82 Å². The van der Waals surface area contributed by atoms with E-state index in [0.717, 1.165) is 10.6 Å². The molecule has 3 aromatic rings. The fourth-order valence-corrected chi connectivity index (χ4v) is 2.92. The van der Waals surface area contributed by atoms with E-state index in [0.29, 0.717) is 28.1 Å². The predicted molar refractivity (Wildman–Crippen MR) is 74.2 cm³/mol. The summed E-state index contributed by atoms with van der Waals surface area (Å²) in [6.45, 7) is 0.361. The zero-order valence-corrected chi connectivity index (χ0v) is 11.6. The van der Waals surface area contributed by atoms with Gasteiger partial charge in [-0.3, -0.25) is 0 Å². The Labute approximate surface area is 117 Å². The minimum absolute atomic E-state index is 0.361. The maximum atomic E-state index is 6.18. The third-order valence-corrected chi connectivity index (χ3v) is 3.80. The van der Waals surface area contributed by atoms with Crippen LogP contribution in [0.1, 0.15) is 5.82 Å². The van der Waals surface area contributed by atoms with E-state index in [1.165, 1.54) is 11.3 Å². The summed E-state index contributed by atoms with van der Waals surface area (Å²) in [7, 11) is 1.60. The Morgan fingerprint density at radius 1 is 1.42 bits per heavy atom. The van der Waals surface area contributed by atoms with Gasteiger partial charge in [0, 0.05) is 18.4 Å². The summed E-state index contributed by atoms with van der Waals surface area (Å²) in [6, 6.07) is 5.34. The molecule has 1 aromatic carbocycles. The van der Waals surface area contributed by atoms with E-state index in [1.807, 2.05) is 6.07 Å². The average Bonchev–Trinajstić information content (AvgIpc) is 2.91. The van der Waals surface area contributed by atoms with Crippen LogP contribution in [0.4, 0.5) is 5.69 Å². The van der Waals surface area contributed by atoms with Crippen LogP contribution in [-0.2, 0) is 11.3 Å². The minimum atomic E-state index is 0.361. The topological polar surface area (TPSA) is 78.3 Å². The minimum Gasteiger partial charge on any atom is -0.399 e. The molecule has 19 heavy (non-hydrogen) atoms. The zero-order chi connectivity index (χ0) is 13.4. The van der Waals surface area contributed by atoms with Crippen molar-refractivity contribution in [2.75, 3.05) is 12.8 Å². The van der Waals surface area contributed by atoms with Gasteiger partial charge in [0.1, 0.15) is 11.6 Å². The molecule has 0 spiro atoms. The van der Waals surface area contributed by atoms with Crippen molar-refractivity contribution in [2.24, 2.45) is 0 Å². The van der Waals surface area contributed by atoms with Crippen LogP contribution in [0.5, 0.6) is 0 Å². The van der Waals surface area contributed by atoms with Crippen molar-refractivity contribution >= 4 is 33.6 Å². The normalized spacial score (nSPS) is 11.3. The molecule has 0 bridgehead atoms. The van der Waals surface area contributed by atoms with E-state index >= 15 is 0 Å². The number of fused-ring (bicyclic) bond motifs is 1. The van der Waals surface area contributed by atoms with Gasteiger partial charge in [0.25, 0.3) is 0 Å². The summed E-state index contributed by atoms with van der Waals surface area (Å²) < 4.78 is 6.71. The largest absolute Gasteiger partial charge is 0.399 e. The molecule has 0 aliphatic carbocycles. The summed E-state index contributed by atoms with van der Waals surface area (Å²) in [5.74, 6) is 0.659. The Balaban J connectivity index is 2.10. The predicted octanol–water partition coefficient (Wildman–Crippen LogP) is 2.23. The van der Waals surface area contributed by atoms with Crippen molar-refractivity contribution in [1.82, 2.24) is 19.8 Å². The second kappa shape index (κ2) is 4.76. The number of benzene rings is 1. The Bertz CT molecular complexity index is 738. The van der Waals surface area contributed by atoms with Gasteiger partial charge >= 0.3 is 0 Å². The van der Waals surface area contributed by atoms with Crippen LogP contribution < -0.4 is 5.73 Å². The van der Waals surface area contributed by atoms with Crippen LogP contribution in [0.2, 0.25) is 5.02 Å². The second-order valence-corrected chi connectivity index (χ2v) is 5.25. The van der Waals surface area contributed by atoms with E-state index in [2.05, 4.69) is 15.3 Å². The molecule has 0 amide bonds. The Kier molecular flexibility index (Phi) is 3.09. The van der Waals surface area contributed by atoms with E-state index in [4.69, 9.17) is 22.1 Å². The van der Waals surface area contributed by atoms with Gasteiger partial charge in [0.2, 0.25) is 4.96 Å². The number of hydrogen-bond donors (Lipinski definition) is 1. The van der Waals surface area contributed by atoms with Crippen molar-refractivity contribution in [3.05, 3.63) is 29.0 Å². The Hall–Kier alpha value is -1.70. The molecule has 0 fully saturated rings. The Morgan fingerprint density at radius 3 is 3.00 bits per heavy atom. The van der Waals surface area contributed by atoms with Crippen molar-refractivity contribution in [3.63, 3.8) is 0 Å². The molecule has 2 aromatic heterocycles. The van der Waals surface area contributed by atoms with Crippen molar-refractivity contribution in [2.45, 2.75) is 6.61 Å². The number of methoxy groups -OCH3 is 1. The van der Waals surface area contributed by atoms with Crippen LogP contribution >= 0.6 is 22.9 Å². The lowest BCUT2D eigenvalue weighted by Gasteiger charge is -2.00. The molecular weight excluding hydrogens is 286 g/mol. The first-order valence-corrected chi connectivity index (χ1v) is 6.64. The van der Waals surface area contributed by atoms with Gasteiger partial charge < -0.3 is 10.5 Å². The van der Waals surface area contributed by atoms with Gasteiger partial charge in [-0.05, 0) is 18.2 Å². The molecule has 98 valence electrons. The monoisotopic (exact) mass is 295 g/mol. The lowest BCUT2D eigenvalue weighted by molar-refractivity contribution is 0.176. The van der Waals surface area contributed by atoms with Crippen LogP contribution in [0.3, 0.4) is 0 Å². The molecule has 6 nitrogen and oxygen atoms in total. The molecule has 3 rings (SSSR count). The number of halogens is 1. The highest BCUT2D eigenvalue weighted by atomic mass is 35.5. The van der Waals surface area contributed by atoms with E-state index in [9.17, 15) is 0 Å².